The summed E-state index contributed by atoms with van der Waals surface area (Å²) in [7, 11) is 0. The van der Waals surface area contributed by atoms with E-state index in [0.29, 0.717) is 37.4 Å². The molecule has 6 nitrogen and oxygen atoms in total. The van der Waals surface area contributed by atoms with Crippen molar-refractivity contribution in [1.82, 2.24) is 15.0 Å². The van der Waals surface area contributed by atoms with Gasteiger partial charge in [0.15, 0.2) is 0 Å². The number of carbonyl (C=O) groups excluding carboxylic acids is 2. The molecule has 2 aromatic rings. The molecule has 0 unspecified atom stereocenters. The van der Waals surface area contributed by atoms with E-state index in [1.54, 1.807) is 6.92 Å². The largest absolute Gasteiger partial charge is 0.361 e. The van der Waals surface area contributed by atoms with E-state index in [2.05, 4.69) is 30.3 Å². The third-order valence-corrected chi connectivity index (χ3v) is 5.95. The van der Waals surface area contributed by atoms with E-state index < -0.39 is 0 Å². The van der Waals surface area contributed by atoms with E-state index in [0.717, 1.165) is 19.4 Å². The van der Waals surface area contributed by atoms with Crippen LogP contribution in [-0.2, 0) is 11.3 Å². The molecule has 142 valence electrons. The smallest absolute Gasteiger partial charge is 0.259 e. The van der Waals surface area contributed by atoms with E-state index in [4.69, 9.17) is 4.52 Å². The molecule has 2 saturated heterocycles. The second-order valence-corrected chi connectivity index (χ2v) is 8.00. The maximum atomic E-state index is 12.6. The maximum Gasteiger partial charge on any atom is 0.259 e. The van der Waals surface area contributed by atoms with E-state index in [-0.39, 0.29) is 17.2 Å². The number of carbonyl (C=O) groups is 2. The van der Waals surface area contributed by atoms with Crippen LogP contribution in [-0.4, -0.2) is 46.4 Å². The zero-order chi connectivity index (χ0) is 19.0. The van der Waals surface area contributed by atoms with Crippen LogP contribution in [0.15, 0.2) is 35.0 Å². The number of benzene rings is 1. The summed E-state index contributed by atoms with van der Waals surface area (Å²) < 4.78 is 5.01. The Morgan fingerprint density at radius 1 is 1.26 bits per heavy atom. The van der Waals surface area contributed by atoms with E-state index in [1.165, 1.54) is 17.3 Å². The molecule has 2 aliphatic rings. The van der Waals surface area contributed by atoms with Gasteiger partial charge in [-0.05, 0) is 32.3 Å². The fourth-order valence-corrected chi connectivity index (χ4v) is 4.35. The Morgan fingerprint density at radius 2 is 2.04 bits per heavy atom. The Morgan fingerprint density at radius 3 is 2.70 bits per heavy atom. The topological polar surface area (TPSA) is 66.7 Å². The number of nitrogens with zero attached hydrogens (tertiary/aromatic N) is 3. The summed E-state index contributed by atoms with van der Waals surface area (Å²) in [6.45, 7) is 6.63. The van der Waals surface area contributed by atoms with Crippen LogP contribution in [0.4, 0.5) is 0 Å². The van der Waals surface area contributed by atoms with Crippen molar-refractivity contribution in [2.75, 3.05) is 19.6 Å². The van der Waals surface area contributed by atoms with Crippen molar-refractivity contribution in [2.45, 2.75) is 39.7 Å². The van der Waals surface area contributed by atoms with Gasteiger partial charge in [0.05, 0.1) is 6.20 Å². The zero-order valence-corrected chi connectivity index (χ0v) is 15.9. The van der Waals surface area contributed by atoms with Crippen LogP contribution in [0.25, 0.3) is 0 Å². The minimum atomic E-state index is -0.0236. The molecule has 0 aliphatic carbocycles. The fraction of sp³-hybridized carbons (Fsp3) is 0.476. The Kier molecular flexibility index (Phi) is 4.50. The van der Waals surface area contributed by atoms with Crippen molar-refractivity contribution >= 4 is 11.8 Å². The predicted octanol–water partition coefficient (Wildman–Crippen LogP) is 2.95. The standard InChI is InChI=1S/C21H25N3O3/c1-15-4-3-5-17(10-15)13-24-14-21(11-19(24)25)6-8-23(9-7-21)20(26)18-12-22-27-16(18)2/h3-5,10,12H,6-9,11,13-14H2,1-2H3. The Balaban J connectivity index is 1.39. The highest BCUT2D eigenvalue weighted by atomic mass is 16.5. The quantitative estimate of drug-likeness (QED) is 0.837. The molecule has 0 saturated carbocycles. The predicted molar refractivity (Wildman–Crippen MR) is 100 cm³/mol. The van der Waals surface area contributed by atoms with Crippen molar-refractivity contribution < 1.29 is 14.1 Å². The van der Waals surface area contributed by atoms with Crippen molar-refractivity contribution in [1.29, 1.82) is 0 Å². The lowest BCUT2D eigenvalue weighted by Gasteiger charge is -2.38. The van der Waals surface area contributed by atoms with Gasteiger partial charge in [0, 0.05) is 38.0 Å². The third-order valence-electron chi connectivity index (χ3n) is 5.95. The van der Waals surface area contributed by atoms with Gasteiger partial charge in [-0.2, -0.15) is 0 Å². The molecule has 0 atom stereocenters. The molecule has 2 aliphatic heterocycles. The first kappa shape index (κ1) is 17.8. The highest BCUT2D eigenvalue weighted by molar-refractivity contribution is 5.94. The molecule has 0 radical (unpaired) electrons. The summed E-state index contributed by atoms with van der Waals surface area (Å²) >= 11 is 0. The number of aryl methyl sites for hydroxylation is 2. The monoisotopic (exact) mass is 367 g/mol. The highest BCUT2D eigenvalue weighted by Crippen LogP contribution is 2.41. The highest BCUT2D eigenvalue weighted by Gasteiger charge is 2.45. The molecule has 2 amide bonds. The Hall–Kier alpha value is -2.63. The SMILES string of the molecule is Cc1cccc(CN2CC3(CCN(C(=O)c4cnoc4C)CC3)CC2=O)c1. The van der Waals surface area contributed by atoms with Crippen LogP contribution in [0.5, 0.6) is 0 Å². The summed E-state index contributed by atoms with van der Waals surface area (Å²) in [5.74, 6) is 0.761. The number of amides is 2. The Labute approximate surface area is 159 Å². The summed E-state index contributed by atoms with van der Waals surface area (Å²) in [5, 5.41) is 3.70. The number of piperidine rings is 1. The summed E-state index contributed by atoms with van der Waals surface area (Å²) in [4.78, 5) is 29.1. The second kappa shape index (κ2) is 6.83. The Bertz CT molecular complexity index is 865. The minimum Gasteiger partial charge on any atom is -0.361 e. The normalized spacial score (nSPS) is 19.1. The molecule has 1 aromatic heterocycles. The van der Waals surface area contributed by atoms with Gasteiger partial charge in [-0.15, -0.1) is 0 Å². The number of hydrogen-bond acceptors (Lipinski definition) is 4. The van der Waals surface area contributed by atoms with Gasteiger partial charge in [-0.25, -0.2) is 0 Å². The summed E-state index contributed by atoms with van der Waals surface area (Å²) in [6, 6.07) is 8.33. The first-order chi connectivity index (χ1) is 13.0. The lowest BCUT2D eigenvalue weighted by Crippen LogP contribution is -2.44. The van der Waals surface area contributed by atoms with Gasteiger partial charge in [-0.1, -0.05) is 35.0 Å². The van der Waals surface area contributed by atoms with Crippen molar-refractivity contribution in [3.05, 3.63) is 52.9 Å². The number of rotatable bonds is 3. The van der Waals surface area contributed by atoms with Crippen molar-refractivity contribution in [2.24, 2.45) is 5.41 Å². The maximum absolute atomic E-state index is 12.6. The molecule has 2 fully saturated rings. The molecule has 0 N–H and O–H groups in total. The van der Waals surface area contributed by atoms with Crippen LogP contribution >= 0.6 is 0 Å². The number of aromatic nitrogens is 1. The van der Waals surface area contributed by atoms with Crippen molar-refractivity contribution in [3.63, 3.8) is 0 Å². The number of hydrogen-bond donors (Lipinski definition) is 0. The zero-order valence-electron chi connectivity index (χ0n) is 15.9. The molecule has 1 aromatic carbocycles. The average Bonchev–Trinajstić information content (AvgIpc) is 3.19. The summed E-state index contributed by atoms with van der Waals surface area (Å²) in [6.07, 6.45) is 3.80. The van der Waals surface area contributed by atoms with Gasteiger partial charge >= 0.3 is 0 Å². The lowest BCUT2D eigenvalue weighted by molar-refractivity contribution is -0.128. The van der Waals surface area contributed by atoms with Gasteiger partial charge < -0.3 is 14.3 Å². The van der Waals surface area contributed by atoms with Crippen LogP contribution in [0.3, 0.4) is 0 Å². The lowest BCUT2D eigenvalue weighted by atomic mass is 9.77. The van der Waals surface area contributed by atoms with E-state index in [1.807, 2.05) is 15.9 Å². The molecular weight excluding hydrogens is 342 g/mol. The molecule has 0 bridgehead atoms. The van der Waals surface area contributed by atoms with Gasteiger partial charge in [-0.3, -0.25) is 9.59 Å². The van der Waals surface area contributed by atoms with Gasteiger partial charge in [0.1, 0.15) is 11.3 Å². The number of likely N-dealkylation sites (tertiary alicyclic amines) is 2. The average molecular weight is 367 g/mol. The van der Waals surface area contributed by atoms with Crippen LogP contribution in [0.2, 0.25) is 0 Å². The van der Waals surface area contributed by atoms with Crippen molar-refractivity contribution in [3.8, 4) is 0 Å². The van der Waals surface area contributed by atoms with E-state index in [9.17, 15) is 9.59 Å². The first-order valence-electron chi connectivity index (χ1n) is 9.50. The van der Waals surface area contributed by atoms with Gasteiger partial charge in [0.25, 0.3) is 5.91 Å². The molecule has 1 spiro atoms. The molecule has 27 heavy (non-hydrogen) atoms. The molecule has 6 heteroatoms. The third kappa shape index (κ3) is 3.48. The second-order valence-electron chi connectivity index (χ2n) is 8.00. The molecular formula is C21H25N3O3. The van der Waals surface area contributed by atoms with Crippen LogP contribution in [0.1, 0.15) is 46.5 Å². The van der Waals surface area contributed by atoms with Gasteiger partial charge in [0.2, 0.25) is 5.91 Å². The first-order valence-corrected chi connectivity index (χ1v) is 9.50. The summed E-state index contributed by atoms with van der Waals surface area (Å²) in [5.41, 5.74) is 2.93. The molecule has 4 rings (SSSR count). The minimum absolute atomic E-state index is 0.00137. The van der Waals surface area contributed by atoms with Crippen LogP contribution < -0.4 is 0 Å². The fourth-order valence-electron chi connectivity index (χ4n) is 4.35. The molecule has 3 heterocycles. The van der Waals surface area contributed by atoms with Crippen LogP contribution in [0, 0.1) is 19.3 Å². The van der Waals surface area contributed by atoms with E-state index >= 15 is 0 Å².